The molecule has 32 heavy (non-hydrogen) atoms. The first kappa shape index (κ1) is 20.7. The second-order valence-electron chi connectivity index (χ2n) is 6.78. The maximum Gasteiger partial charge on any atom is 0.261 e. The molecule has 160 valence electrons. The monoisotopic (exact) mass is 479 g/mol. The van der Waals surface area contributed by atoms with Gasteiger partial charge in [-0.3, -0.25) is 10.1 Å². The molecule has 1 N–H and O–H groups in total. The summed E-state index contributed by atoms with van der Waals surface area (Å²) in [5, 5.41) is 18.3. The highest BCUT2D eigenvalue weighted by molar-refractivity contribution is 8.00. The average Bonchev–Trinajstić information content (AvgIpc) is 3.59. The van der Waals surface area contributed by atoms with Crippen molar-refractivity contribution in [1.29, 1.82) is 0 Å². The van der Waals surface area contributed by atoms with Crippen LogP contribution in [0.2, 0.25) is 0 Å². The largest absolute Gasteiger partial charge is 0.460 e. The van der Waals surface area contributed by atoms with Crippen LogP contribution in [0.15, 0.2) is 74.9 Å². The zero-order chi connectivity index (χ0) is 21.9. The van der Waals surface area contributed by atoms with E-state index in [9.17, 15) is 4.79 Å². The highest BCUT2D eigenvalue weighted by atomic mass is 32.2. The van der Waals surface area contributed by atoms with Crippen LogP contribution < -0.4 is 5.32 Å². The minimum absolute atomic E-state index is 0.317. The Balaban J connectivity index is 1.38. The number of hydrogen-bond donors (Lipinski definition) is 1. The van der Waals surface area contributed by atoms with E-state index in [0.717, 1.165) is 21.5 Å². The molecule has 1 amide bonds. The number of furan rings is 1. The molecule has 0 aliphatic carbocycles. The summed E-state index contributed by atoms with van der Waals surface area (Å²) in [5.74, 6) is 1.79. The second kappa shape index (κ2) is 9.11. The lowest BCUT2D eigenvalue weighted by Crippen LogP contribution is -2.12. The zero-order valence-corrected chi connectivity index (χ0v) is 19.3. The van der Waals surface area contributed by atoms with Crippen LogP contribution in [0.4, 0.5) is 5.13 Å². The van der Waals surface area contributed by atoms with Crippen molar-refractivity contribution < 1.29 is 9.21 Å². The summed E-state index contributed by atoms with van der Waals surface area (Å²) in [4.78, 5) is 14.4. The molecule has 0 fully saturated rings. The van der Waals surface area contributed by atoms with Crippen molar-refractivity contribution in [3.05, 3.63) is 82.4 Å². The topological polar surface area (TPSA) is 85.8 Å². The average molecular weight is 480 g/mol. The summed E-state index contributed by atoms with van der Waals surface area (Å²) in [6.07, 6.45) is 1.70. The van der Waals surface area contributed by atoms with Gasteiger partial charge in [-0.05, 0) is 42.6 Å². The van der Waals surface area contributed by atoms with Crippen molar-refractivity contribution in [1.82, 2.24) is 20.0 Å². The van der Waals surface area contributed by atoms with Crippen LogP contribution in [-0.2, 0) is 5.75 Å². The summed E-state index contributed by atoms with van der Waals surface area (Å²) in [5.41, 5.74) is 1.71. The van der Waals surface area contributed by atoms with Gasteiger partial charge < -0.3 is 4.42 Å². The smallest absolute Gasteiger partial charge is 0.261 e. The Hall–Kier alpha value is -3.21. The number of nitrogens with one attached hydrogen (secondary N) is 1. The van der Waals surface area contributed by atoms with Crippen LogP contribution >= 0.6 is 34.4 Å². The van der Waals surface area contributed by atoms with Crippen molar-refractivity contribution >= 4 is 45.5 Å². The van der Waals surface area contributed by atoms with Gasteiger partial charge in [0.25, 0.3) is 5.91 Å². The molecule has 0 saturated heterocycles. The number of thioether (sulfide) groups is 1. The number of hydrogen-bond acceptors (Lipinski definition) is 8. The van der Waals surface area contributed by atoms with Gasteiger partial charge in [0.1, 0.15) is 11.5 Å². The number of anilines is 1. The Morgan fingerprint density at radius 1 is 1.12 bits per heavy atom. The van der Waals surface area contributed by atoms with E-state index >= 15 is 0 Å². The molecular formula is C22H17N5O2S3. The van der Waals surface area contributed by atoms with Crippen LogP contribution in [0.3, 0.4) is 0 Å². The summed E-state index contributed by atoms with van der Waals surface area (Å²) in [6.45, 7) is 1.86. The number of thiophene rings is 1. The van der Waals surface area contributed by atoms with Gasteiger partial charge in [0.05, 0.1) is 11.3 Å². The van der Waals surface area contributed by atoms with Crippen LogP contribution in [0.5, 0.6) is 0 Å². The molecule has 0 spiro atoms. The van der Waals surface area contributed by atoms with E-state index < -0.39 is 0 Å². The standard InChI is InChI=1S/C22H17N5O2S3/c1-14-9-10-18(29-14)19-17(12-27(26-19)15-6-3-2-4-7-15)20(28)23-21-24-25-22(32-21)31-13-16-8-5-11-30-16/h2-12H,13H2,1H3,(H,23,24,28). The first-order valence-electron chi connectivity index (χ1n) is 9.67. The Labute approximate surface area is 196 Å². The number of carbonyl (C=O) groups is 1. The third-order valence-corrected chi connectivity index (χ3v) is 7.58. The molecule has 0 aliphatic rings. The lowest BCUT2D eigenvalue weighted by Gasteiger charge is -2.00. The lowest BCUT2D eigenvalue weighted by molar-refractivity contribution is 0.102. The van der Waals surface area contributed by atoms with E-state index in [1.54, 1.807) is 34.0 Å². The number of benzene rings is 1. The molecule has 0 atom stereocenters. The SMILES string of the molecule is Cc1ccc(-c2nn(-c3ccccc3)cc2C(=O)Nc2nnc(SCc3cccs3)s2)o1. The molecule has 4 heterocycles. The first-order valence-corrected chi connectivity index (χ1v) is 12.4. The van der Waals surface area contributed by atoms with Gasteiger partial charge in [0.2, 0.25) is 5.13 Å². The van der Waals surface area contributed by atoms with Crippen molar-refractivity contribution in [3.8, 4) is 17.1 Å². The van der Waals surface area contributed by atoms with Gasteiger partial charge in [0, 0.05) is 16.8 Å². The van der Waals surface area contributed by atoms with Crippen LogP contribution in [-0.4, -0.2) is 25.9 Å². The van der Waals surface area contributed by atoms with Gasteiger partial charge in [-0.15, -0.1) is 21.5 Å². The highest BCUT2D eigenvalue weighted by Gasteiger charge is 2.22. The molecule has 5 rings (SSSR count). The van der Waals surface area contributed by atoms with Crippen LogP contribution in [0.25, 0.3) is 17.1 Å². The van der Waals surface area contributed by atoms with E-state index in [4.69, 9.17) is 4.42 Å². The number of aromatic nitrogens is 4. The molecule has 1 aromatic carbocycles. The molecule has 7 nitrogen and oxygen atoms in total. The fourth-order valence-electron chi connectivity index (χ4n) is 3.01. The highest BCUT2D eigenvalue weighted by Crippen LogP contribution is 2.31. The molecule has 0 bridgehead atoms. The Morgan fingerprint density at radius 2 is 2.00 bits per heavy atom. The van der Waals surface area contributed by atoms with E-state index in [2.05, 4.69) is 32.1 Å². The second-order valence-corrected chi connectivity index (χ2v) is 10.0. The molecule has 5 aromatic rings. The maximum atomic E-state index is 13.1. The molecule has 4 aromatic heterocycles. The van der Waals surface area contributed by atoms with Crippen molar-refractivity contribution in [3.63, 3.8) is 0 Å². The van der Waals surface area contributed by atoms with Crippen molar-refractivity contribution in [2.24, 2.45) is 0 Å². The van der Waals surface area contributed by atoms with E-state index in [1.807, 2.05) is 55.5 Å². The predicted molar refractivity (Wildman–Crippen MR) is 128 cm³/mol. The Kier molecular flexibility index (Phi) is 5.89. The van der Waals surface area contributed by atoms with Gasteiger partial charge in [-0.25, -0.2) is 4.68 Å². The van der Waals surface area contributed by atoms with Gasteiger partial charge in [0.15, 0.2) is 10.1 Å². The lowest BCUT2D eigenvalue weighted by atomic mass is 10.2. The van der Waals surface area contributed by atoms with E-state index in [0.29, 0.717) is 22.1 Å². The van der Waals surface area contributed by atoms with Crippen LogP contribution in [0.1, 0.15) is 21.0 Å². The number of carbonyl (C=O) groups excluding carboxylic acids is 1. The Bertz CT molecular complexity index is 1340. The van der Waals surface area contributed by atoms with Crippen molar-refractivity contribution in [2.45, 2.75) is 17.0 Å². The number of para-hydroxylation sites is 1. The molecular weight excluding hydrogens is 462 g/mol. The summed E-state index contributed by atoms with van der Waals surface area (Å²) >= 11 is 4.65. The molecule has 0 aliphatic heterocycles. The van der Waals surface area contributed by atoms with E-state index in [1.165, 1.54) is 16.2 Å². The normalized spacial score (nSPS) is 11.0. The minimum Gasteiger partial charge on any atom is -0.460 e. The third kappa shape index (κ3) is 4.52. The molecule has 10 heteroatoms. The summed E-state index contributed by atoms with van der Waals surface area (Å²) in [6, 6.07) is 17.4. The fraction of sp³-hybridized carbons (Fsp3) is 0.0909. The molecule has 0 radical (unpaired) electrons. The maximum absolute atomic E-state index is 13.1. The number of nitrogens with zero attached hydrogens (tertiary/aromatic N) is 4. The first-order chi connectivity index (χ1) is 15.7. The quantitative estimate of drug-likeness (QED) is 0.231. The molecule has 0 unspecified atom stereocenters. The molecule has 0 saturated carbocycles. The summed E-state index contributed by atoms with van der Waals surface area (Å²) < 4.78 is 8.22. The number of rotatable bonds is 7. The zero-order valence-electron chi connectivity index (χ0n) is 16.9. The summed E-state index contributed by atoms with van der Waals surface area (Å²) in [7, 11) is 0. The fourth-order valence-corrected chi connectivity index (χ4v) is 5.53. The number of aryl methyl sites for hydroxylation is 1. The van der Waals surface area contributed by atoms with Crippen molar-refractivity contribution in [2.75, 3.05) is 5.32 Å². The van der Waals surface area contributed by atoms with Gasteiger partial charge >= 0.3 is 0 Å². The van der Waals surface area contributed by atoms with Gasteiger partial charge in [-0.2, -0.15) is 5.10 Å². The minimum atomic E-state index is -0.317. The predicted octanol–water partition coefficient (Wildman–Crippen LogP) is 5.90. The van der Waals surface area contributed by atoms with Crippen LogP contribution in [0, 0.1) is 6.92 Å². The number of amides is 1. The van der Waals surface area contributed by atoms with E-state index in [-0.39, 0.29) is 5.91 Å². The van der Waals surface area contributed by atoms with Gasteiger partial charge in [-0.1, -0.05) is 47.4 Å². The Morgan fingerprint density at radius 3 is 2.75 bits per heavy atom. The third-order valence-electron chi connectivity index (χ3n) is 4.50.